The van der Waals surface area contributed by atoms with Crippen molar-refractivity contribution < 1.29 is 9.59 Å². The Hall–Kier alpha value is -2.16. The summed E-state index contributed by atoms with van der Waals surface area (Å²) in [6.07, 6.45) is 12.5. The van der Waals surface area contributed by atoms with E-state index in [2.05, 4.69) is 6.92 Å². The van der Waals surface area contributed by atoms with Crippen molar-refractivity contribution >= 4 is 22.6 Å². The molecule has 0 fully saturated rings. The summed E-state index contributed by atoms with van der Waals surface area (Å²) in [5.41, 5.74) is 1.12. The zero-order valence-electron chi connectivity index (χ0n) is 16.5. The maximum absolute atomic E-state index is 12.6. The van der Waals surface area contributed by atoms with E-state index in [4.69, 9.17) is 0 Å². The third-order valence-electron chi connectivity index (χ3n) is 5.57. The zero-order valence-corrected chi connectivity index (χ0v) is 16.5. The minimum absolute atomic E-state index is 0.128. The number of hydrogen-bond acceptors (Lipinski definition) is 2. The topological polar surface area (TPSA) is 37.4 Å². The Morgan fingerprint density at radius 1 is 0.667 bits per heavy atom. The smallest absolute Gasteiger partial charge is 0.261 e. The normalized spacial score (nSPS) is 13.6. The van der Waals surface area contributed by atoms with E-state index in [0.29, 0.717) is 17.7 Å². The van der Waals surface area contributed by atoms with Crippen molar-refractivity contribution in [3.63, 3.8) is 0 Å². The van der Waals surface area contributed by atoms with E-state index in [-0.39, 0.29) is 11.8 Å². The molecule has 2 aromatic carbocycles. The molecule has 0 spiro atoms. The van der Waals surface area contributed by atoms with Crippen molar-refractivity contribution in [3.8, 4) is 0 Å². The van der Waals surface area contributed by atoms with Crippen LogP contribution >= 0.6 is 0 Å². The number of carbonyl (C=O) groups excluding carboxylic acids is 2. The summed E-state index contributed by atoms with van der Waals surface area (Å²) in [6, 6.07) is 11.6. The van der Waals surface area contributed by atoms with Gasteiger partial charge in [0, 0.05) is 6.54 Å². The maximum Gasteiger partial charge on any atom is 0.261 e. The first kappa shape index (κ1) is 19.6. The third-order valence-corrected chi connectivity index (χ3v) is 5.57. The summed E-state index contributed by atoms with van der Waals surface area (Å²) >= 11 is 0. The maximum atomic E-state index is 12.6. The molecule has 1 aliphatic rings. The number of rotatable bonds is 11. The molecule has 0 unspecified atom stereocenters. The summed E-state index contributed by atoms with van der Waals surface area (Å²) in [5, 5.41) is 2.02. The van der Waals surface area contributed by atoms with Crippen molar-refractivity contribution in [2.45, 2.75) is 71.1 Å². The molecule has 0 N–H and O–H groups in total. The van der Waals surface area contributed by atoms with Gasteiger partial charge in [0.1, 0.15) is 0 Å². The molecule has 27 heavy (non-hydrogen) atoms. The van der Waals surface area contributed by atoms with E-state index < -0.39 is 0 Å². The fourth-order valence-corrected chi connectivity index (χ4v) is 3.94. The van der Waals surface area contributed by atoms with Crippen LogP contribution in [-0.2, 0) is 0 Å². The van der Waals surface area contributed by atoms with Crippen LogP contribution in [0.25, 0.3) is 10.8 Å². The number of amides is 2. The van der Waals surface area contributed by atoms with E-state index in [1.807, 2.05) is 36.4 Å². The number of nitrogens with zero attached hydrogens (tertiary/aromatic N) is 1. The highest BCUT2D eigenvalue weighted by molar-refractivity contribution is 6.23. The molecule has 3 nitrogen and oxygen atoms in total. The first-order chi connectivity index (χ1) is 13.2. The Kier molecular flexibility index (Phi) is 7.03. The molecule has 0 aliphatic carbocycles. The van der Waals surface area contributed by atoms with Crippen LogP contribution in [0, 0.1) is 0 Å². The fraction of sp³-hybridized carbons (Fsp3) is 0.500. The number of fused-ring (bicyclic) bond motifs is 2. The summed E-state index contributed by atoms with van der Waals surface area (Å²) in [7, 11) is 0. The van der Waals surface area contributed by atoms with Gasteiger partial charge < -0.3 is 0 Å². The Morgan fingerprint density at radius 3 is 1.59 bits per heavy atom. The Balaban J connectivity index is 1.43. The minimum atomic E-state index is -0.128. The van der Waals surface area contributed by atoms with Crippen LogP contribution in [0.15, 0.2) is 36.4 Å². The van der Waals surface area contributed by atoms with E-state index in [1.54, 1.807) is 0 Å². The van der Waals surface area contributed by atoms with E-state index >= 15 is 0 Å². The van der Waals surface area contributed by atoms with Crippen LogP contribution in [0.4, 0.5) is 0 Å². The van der Waals surface area contributed by atoms with Gasteiger partial charge in [-0.2, -0.15) is 0 Å². The van der Waals surface area contributed by atoms with Crippen LogP contribution in [0.2, 0.25) is 0 Å². The third kappa shape index (κ3) is 4.77. The molecular formula is C24H31NO2. The molecule has 2 amide bonds. The standard InChI is InChI=1S/C24H31NO2/c1-2-3-4-5-6-7-8-9-10-13-16-25-23(26)21-17-19-14-11-12-15-20(19)18-22(21)24(25)27/h11-12,14-15,17-18H,2-10,13,16H2,1H3. The Labute approximate surface area is 162 Å². The van der Waals surface area contributed by atoms with Crippen LogP contribution in [0.1, 0.15) is 91.8 Å². The lowest BCUT2D eigenvalue weighted by molar-refractivity contribution is 0.0651. The molecule has 3 rings (SSSR count). The molecule has 1 heterocycles. The highest BCUT2D eigenvalue weighted by Gasteiger charge is 2.35. The first-order valence-corrected chi connectivity index (χ1v) is 10.6. The van der Waals surface area contributed by atoms with Gasteiger partial charge in [-0.15, -0.1) is 0 Å². The first-order valence-electron chi connectivity index (χ1n) is 10.6. The number of imide groups is 1. The molecule has 3 heteroatoms. The lowest BCUT2D eigenvalue weighted by Crippen LogP contribution is -2.30. The molecule has 2 aromatic rings. The van der Waals surface area contributed by atoms with E-state index in [0.717, 1.165) is 23.6 Å². The second kappa shape index (κ2) is 9.68. The van der Waals surface area contributed by atoms with Gasteiger partial charge in [0.2, 0.25) is 0 Å². The minimum Gasteiger partial charge on any atom is -0.274 e. The highest BCUT2D eigenvalue weighted by Crippen LogP contribution is 2.28. The molecule has 1 aliphatic heterocycles. The monoisotopic (exact) mass is 365 g/mol. The van der Waals surface area contributed by atoms with Crippen molar-refractivity contribution in [2.75, 3.05) is 6.54 Å². The van der Waals surface area contributed by atoms with Gasteiger partial charge in [-0.3, -0.25) is 14.5 Å². The van der Waals surface area contributed by atoms with Crippen molar-refractivity contribution in [1.82, 2.24) is 4.90 Å². The average molecular weight is 366 g/mol. The lowest BCUT2D eigenvalue weighted by Gasteiger charge is -2.13. The van der Waals surface area contributed by atoms with Crippen LogP contribution in [0.3, 0.4) is 0 Å². The zero-order chi connectivity index (χ0) is 19.1. The highest BCUT2D eigenvalue weighted by atomic mass is 16.2. The van der Waals surface area contributed by atoms with Gasteiger partial charge in [0.15, 0.2) is 0 Å². The summed E-state index contributed by atoms with van der Waals surface area (Å²) in [4.78, 5) is 26.7. The largest absolute Gasteiger partial charge is 0.274 e. The SMILES string of the molecule is CCCCCCCCCCCCN1C(=O)c2cc3ccccc3cc2C1=O. The van der Waals surface area contributed by atoms with E-state index in [1.165, 1.54) is 56.3 Å². The van der Waals surface area contributed by atoms with Crippen molar-refractivity contribution in [3.05, 3.63) is 47.5 Å². The summed E-state index contributed by atoms with van der Waals surface area (Å²) in [6.45, 7) is 2.79. The van der Waals surface area contributed by atoms with Gasteiger partial charge in [-0.05, 0) is 29.3 Å². The second-order valence-corrected chi connectivity index (χ2v) is 7.69. The molecule has 0 radical (unpaired) electrons. The molecule has 0 saturated carbocycles. The number of unbranched alkanes of at least 4 members (excludes halogenated alkanes) is 9. The number of benzene rings is 2. The van der Waals surface area contributed by atoms with Gasteiger partial charge in [0.25, 0.3) is 11.8 Å². The molecule has 0 saturated heterocycles. The van der Waals surface area contributed by atoms with Crippen LogP contribution < -0.4 is 0 Å². The number of hydrogen-bond donors (Lipinski definition) is 0. The molecular weight excluding hydrogens is 334 g/mol. The number of carbonyl (C=O) groups is 2. The predicted molar refractivity (Wildman–Crippen MR) is 111 cm³/mol. The van der Waals surface area contributed by atoms with E-state index in [9.17, 15) is 9.59 Å². The van der Waals surface area contributed by atoms with Crippen LogP contribution in [0.5, 0.6) is 0 Å². The van der Waals surface area contributed by atoms with Crippen molar-refractivity contribution in [2.24, 2.45) is 0 Å². The van der Waals surface area contributed by atoms with Crippen molar-refractivity contribution in [1.29, 1.82) is 0 Å². The molecule has 0 atom stereocenters. The molecule has 0 bridgehead atoms. The molecule has 144 valence electrons. The second-order valence-electron chi connectivity index (χ2n) is 7.69. The predicted octanol–water partition coefficient (Wildman–Crippen LogP) is 6.36. The Bertz CT molecular complexity index is 742. The van der Waals surface area contributed by atoms with Gasteiger partial charge in [0.05, 0.1) is 11.1 Å². The van der Waals surface area contributed by atoms with Gasteiger partial charge in [-0.1, -0.05) is 89.0 Å². The average Bonchev–Trinajstić information content (AvgIpc) is 2.92. The quantitative estimate of drug-likeness (QED) is 0.343. The van der Waals surface area contributed by atoms with Crippen LogP contribution in [-0.4, -0.2) is 23.3 Å². The fourth-order valence-electron chi connectivity index (χ4n) is 3.94. The summed E-state index contributed by atoms with van der Waals surface area (Å²) in [5.74, 6) is -0.256. The van der Waals surface area contributed by atoms with Gasteiger partial charge in [-0.25, -0.2) is 0 Å². The lowest BCUT2D eigenvalue weighted by atomic mass is 10.0. The Morgan fingerprint density at radius 2 is 1.11 bits per heavy atom. The summed E-state index contributed by atoms with van der Waals surface area (Å²) < 4.78 is 0. The molecule has 0 aromatic heterocycles. The van der Waals surface area contributed by atoms with Gasteiger partial charge >= 0.3 is 0 Å².